The molecule has 0 aliphatic carbocycles. The topological polar surface area (TPSA) is 169 Å². The van der Waals surface area contributed by atoms with Crippen molar-refractivity contribution in [1.82, 2.24) is 39.6 Å². The summed E-state index contributed by atoms with van der Waals surface area (Å²) in [6.07, 6.45) is 9.06. The normalized spacial score (nSPS) is 13.2. The smallest absolute Gasteiger partial charge is 0.303 e. The van der Waals surface area contributed by atoms with Crippen LogP contribution in [-0.4, -0.2) is 82.6 Å². The number of ketones is 1. The first-order chi connectivity index (χ1) is 21.8. The number of rotatable bonds is 9. The molecule has 1 saturated heterocycles. The van der Waals surface area contributed by atoms with Crippen LogP contribution in [0, 0.1) is 6.92 Å². The van der Waals surface area contributed by atoms with E-state index in [1.165, 1.54) is 30.5 Å². The molecular weight excluding hydrogens is 576 g/mol. The molecule has 13 heteroatoms. The van der Waals surface area contributed by atoms with E-state index in [1.807, 2.05) is 30.3 Å². The van der Waals surface area contributed by atoms with Gasteiger partial charge in [-0.15, -0.1) is 0 Å². The summed E-state index contributed by atoms with van der Waals surface area (Å²) < 4.78 is 7.01. The average Bonchev–Trinajstić information content (AvgIpc) is 3.71. The number of aromatic amines is 1. The zero-order valence-electron chi connectivity index (χ0n) is 24.7. The molecule has 0 bridgehead atoms. The number of H-pyrrole nitrogens is 1. The van der Waals surface area contributed by atoms with E-state index < -0.39 is 17.7 Å². The number of piperidine rings is 1. The predicted molar refractivity (Wildman–Crippen MR) is 163 cm³/mol. The van der Waals surface area contributed by atoms with Gasteiger partial charge in [-0.1, -0.05) is 35.9 Å². The number of pyridine rings is 1. The second-order valence-electron chi connectivity index (χ2n) is 10.6. The summed E-state index contributed by atoms with van der Waals surface area (Å²) >= 11 is 0. The summed E-state index contributed by atoms with van der Waals surface area (Å²) in [5.74, 6) is -0.822. The first-order valence-corrected chi connectivity index (χ1v) is 14.4. The summed E-state index contributed by atoms with van der Waals surface area (Å²) in [5.41, 5.74) is 4.86. The van der Waals surface area contributed by atoms with Crippen molar-refractivity contribution < 1.29 is 24.2 Å². The highest BCUT2D eigenvalue weighted by Crippen LogP contribution is 2.34. The van der Waals surface area contributed by atoms with Gasteiger partial charge in [0.2, 0.25) is 0 Å². The minimum atomic E-state index is -0.899. The van der Waals surface area contributed by atoms with E-state index in [9.17, 15) is 14.4 Å². The number of likely N-dealkylation sites (tertiary alicyclic amines) is 1. The van der Waals surface area contributed by atoms with Crippen LogP contribution in [0.4, 0.5) is 0 Å². The van der Waals surface area contributed by atoms with Gasteiger partial charge in [-0.2, -0.15) is 5.10 Å². The molecule has 0 radical (unpaired) electrons. The van der Waals surface area contributed by atoms with Crippen molar-refractivity contribution in [2.45, 2.75) is 32.6 Å². The fraction of sp³-hybridized carbons (Fsp3) is 0.250. The molecule has 0 saturated carbocycles. The SMILES string of the molecule is COc1cnc(-n2cnc(C)n2)c2[nH]cc(C(=O)C(=O)N3CCC(=C(c4ccccc4)c4cncc(CCC(=O)O)n4)CC3)c12. The van der Waals surface area contributed by atoms with Gasteiger partial charge in [-0.05, 0) is 25.3 Å². The molecule has 228 valence electrons. The Balaban J connectivity index is 1.27. The highest BCUT2D eigenvalue weighted by atomic mass is 16.5. The van der Waals surface area contributed by atoms with E-state index in [0.717, 1.165) is 16.7 Å². The molecule has 13 nitrogen and oxygen atoms in total. The number of hydrogen-bond donors (Lipinski definition) is 2. The maximum Gasteiger partial charge on any atom is 0.303 e. The lowest BCUT2D eigenvalue weighted by molar-refractivity contribution is -0.137. The van der Waals surface area contributed by atoms with Crippen LogP contribution in [0.2, 0.25) is 0 Å². The van der Waals surface area contributed by atoms with E-state index >= 15 is 0 Å². The lowest BCUT2D eigenvalue weighted by Crippen LogP contribution is -2.40. The zero-order valence-corrected chi connectivity index (χ0v) is 24.7. The number of nitrogens with zero attached hydrogens (tertiary/aromatic N) is 7. The van der Waals surface area contributed by atoms with Crippen LogP contribution in [-0.2, 0) is 16.0 Å². The van der Waals surface area contributed by atoms with Crippen molar-refractivity contribution in [2.24, 2.45) is 0 Å². The molecular formula is C32H30N8O5. The van der Waals surface area contributed by atoms with Crippen molar-refractivity contribution in [3.05, 3.63) is 95.4 Å². The number of fused-ring (bicyclic) bond motifs is 1. The number of hydrogen-bond acceptors (Lipinski definition) is 9. The maximum absolute atomic E-state index is 13.7. The molecule has 1 aliphatic rings. The largest absolute Gasteiger partial charge is 0.494 e. The Morgan fingerprint density at radius 2 is 1.82 bits per heavy atom. The summed E-state index contributed by atoms with van der Waals surface area (Å²) in [5, 5.41) is 13.9. The van der Waals surface area contributed by atoms with E-state index in [2.05, 4.69) is 25.0 Å². The number of aromatic nitrogens is 7. The molecule has 6 rings (SSSR count). The first kappa shape index (κ1) is 29.4. The van der Waals surface area contributed by atoms with Crippen LogP contribution in [0.5, 0.6) is 5.75 Å². The van der Waals surface area contributed by atoms with Gasteiger partial charge >= 0.3 is 5.97 Å². The number of carbonyl (C=O) groups excluding carboxylic acids is 2. The first-order valence-electron chi connectivity index (χ1n) is 14.4. The lowest BCUT2D eigenvalue weighted by atomic mass is 9.91. The van der Waals surface area contributed by atoms with Crippen LogP contribution in [0.1, 0.15) is 52.4 Å². The Labute approximate surface area is 257 Å². The van der Waals surface area contributed by atoms with E-state index in [-0.39, 0.29) is 18.4 Å². The van der Waals surface area contributed by atoms with Crippen LogP contribution in [0.25, 0.3) is 22.3 Å². The Kier molecular flexibility index (Phi) is 8.14. The van der Waals surface area contributed by atoms with Crippen molar-refractivity contribution in [3.8, 4) is 11.6 Å². The number of Topliss-reactive ketones (excluding diaryl/α,β-unsaturated/α-hetero) is 1. The molecule has 0 unspecified atom stereocenters. The van der Waals surface area contributed by atoms with Gasteiger partial charge in [0.05, 0.1) is 53.8 Å². The molecule has 45 heavy (non-hydrogen) atoms. The molecule has 0 spiro atoms. The van der Waals surface area contributed by atoms with Crippen molar-refractivity contribution >= 4 is 34.1 Å². The molecule has 5 aromatic rings. The monoisotopic (exact) mass is 606 g/mol. The van der Waals surface area contributed by atoms with E-state index in [0.29, 0.717) is 65.6 Å². The van der Waals surface area contributed by atoms with Crippen LogP contribution < -0.4 is 4.74 Å². The minimum Gasteiger partial charge on any atom is -0.494 e. The van der Waals surface area contributed by atoms with Crippen molar-refractivity contribution in [1.29, 1.82) is 0 Å². The third-order valence-corrected chi connectivity index (χ3v) is 7.74. The highest BCUT2D eigenvalue weighted by molar-refractivity contribution is 6.45. The Morgan fingerprint density at radius 1 is 1.04 bits per heavy atom. The quantitative estimate of drug-likeness (QED) is 0.187. The predicted octanol–water partition coefficient (Wildman–Crippen LogP) is 3.58. The van der Waals surface area contributed by atoms with Gasteiger partial charge in [0.1, 0.15) is 17.9 Å². The second kappa shape index (κ2) is 12.5. The number of benzene rings is 1. The third kappa shape index (κ3) is 5.92. The van der Waals surface area contributed by atoms with Gasteiger partial charge in [0.25, 0.3) is 11.7 Å². The van der Waals surface area contributed by atoms with Crippen molar-refractivity contribution in [2.75, 3.05) is 20.2 Å². The summed E-state index contributed by atoms with van der Waals surface area (Å²) in [6, 6.07) is 9.79. The minimum absolute atomic E-state index is 0.0409. The van der Waals surface area contributed by atoms with Gasteiger partial charge in [0.15, 0.2) is 5.82 Å². The Morgan fingerprint density at radius 3 is 2.51 bits per heavy atom. The van der Waals surface area contributed by atoms with Gasteiger partial charge < -0.3 is 19.7 Å². The van der Waals surface area contributed by atoms with Crippen LogP contribution >= 0.6 is 0 Å². The number of ether oxygens (including phenoxy) is 1. The number of nitrogens with one attached hydrogen (secondary N) is 1. The summed E-state index contributed by atoms with van der Waals surface area (Å²) in [4.78, 5) is 60.6. The maximum atomic E-state index is 13.7. The Bertz CT molecular complexity index is 1940. The molecule has 4 aromatic heterocycles. The second-order valence-corrected chi connectivity index (χ2v) is 10.6. The summed E-state index contributed by atoms with van der Waals surface area (Å²) in [6.45, 7) is 2.44. The standard InChI is InChI=1S/C32H30N8O5/c1-19-36-18-40(38-19)31-29-28(25(45-2)17-35-31)23(15-34-29)30(43)32(44)39-12-10-21(11-13-39)27(20-6-4-3-5-7-20)24-16-33-14-22(37-24)8-9-26(41)42/h3-7,14-18,34H,8-13H2,1-2H3,(H,41,42). The van der Waals surface area contributed by atoms with Gasteiger partial charge in [-0.3, -0.25) is 19.4 Å². The fourth-order valence-corrected chi connectivity index (χ4v) is 5.57. The lowest BCUT2D eigenvalue weighted by Gasteiger charge is -2.29. The number of carboxylic acid groups (broad SMARTS) is 1. The number of methoxy groups -OCH3 is 1. The summed E-state index contributed by atoms with van der Waals surface area (Å²) in [7, 11) is 1.48. The molecule has 2 N–H and O–H groups in total. The fourth-order valence-electron chi connectivity index (χ4n) is 5.57. The van der Waals surface area contributed by atoms with Crippen molar-refractivity contribution in [3.63, 3.8) is 0 Å². The molecule has 1 fully saturated rings. The molecule has 1 amide bonds. The number of amides is 1. The van der Waals surface area contributed by atoms with Crippen LogP contribution in [0.15, 0.2) is 67.0 Å². The van der Waals surface area contributed by atoms with E-state index in [1.54, 1.807) is 24.2 Å². The third-order valence-electron chi connectivity index (χ3n) is 7.74. The van der Waals surface area contributed by atoms with Crippen LogP contribution in [0.3, 0.4) is 0 Å². The number of aryl methyl sites for hydroxylation is 2. The number of carbonyl (C=O) groups is 3. The Hall–Kier alpha value is -5.72. The number of aliphatic carboxylic acids is 1. The average molecular weight is 607 g/mol. The molecule has 0 atom stereocenters. The molecule has 1 aliphatic heterocycles. The number of carboxylic acids is 1. The molecule has 5 heterocycles. The van der Waals surface area contributed by atoms with Gasteiger partial charge in [0, 0.05) is 37.5 Å². The highest BCUT2D eigenvalue weighted by Gasteiger charge is 2.30. The van der Waals surface area contributed by atoms with Gasteiger partial charge in [-0.25, -0.2) is 19.6 Å². The zero-order chi connectivity index (χ0) is 31.5. The van der Waals surface area contributed by atoms with E-state index in [4.69, 9.17) is 14.8 Å². The molecule has 1 aromatic carbocycles.